The van der Waals surface area contributed by atoms with E-state index in [9.17, 15) is 4.79 Å². The van der Waals surface area contributed by atoms with Crippen molar-refractivity contribution in [1.29, 1.82) is 0 Å². The lowest BCUT2D eigenvalue weighted by molar-refractivity contribution is -0.126. The zero-order valence-corrected chi connectivity index (χ0v) is 12.4. The summed E-state index contributed by atoms with van der Waals surface area (Å²) in [6.45, 7) is 2.05. The number of hydrogen-bond acceptors (Lipinski definition) is 1. The molecule has 2 aromatic carbocycles. The molecule has 1 aliphatic rings. The first kappa shape index (κ1) is 13.9. The number of rotatable bonds is 5. The van der Waals surface area contributed by atoms with Crippen LogP contribution < -0.4 is 5.32 Å². The van der Waals surface area contributed by atoms with Crippen LogP contribution in [0.3, 0.4) is 0 Å². The molecule has 1 saturated carbocycles. The molecule has 0 saturated heterocycles. The van der Waals surface area contributed by atoms with Crippen LogP contribution in [0.25, 0.3) is 0 Å². The van der Waals surface area contributed by atoms with Crippen LogP contribution in [-0.2, 0) is 16.6 Å². The van der Waals surface area contributed by atoms with E-state index in [1.54, 1.807) is 0 Å². The maximum atomic E-state index is 12.8. The number of carbonyl (C=O) groups is 1. The van der Waals surface area contributed by atoms with Crippen LogP contribution >= 0.6 is 0 Å². The van der Waals surface area contributed by atoms with Crippen LogP contribution in [0.15, 0.2) is 60.7 Å². The molecule has 3 rings (SSSR count). The van der Waals surface area contributed by atoms with E-state index in [4.69, 9.17) is 0 Å². The Balaban J connectivity index is 1.91. The van der Waals surface area contributed by atoms with Crippen molar-refractivity contribution in [2.75, 3.05) is 0 Å². The summed E-state index contributed by atoms with van der Waals surface area (Å²) in [6, 6.07) is 20.7. The Hall–Kier alpha value is -2.09. The van der Waals surface area contributed by atoms with Crippen molar-refractivity contribution in [1.82, 2.24) is 5.32 Å². The zero-order chi connectivity index (χ0) is 14.7. The van der Waals surface area contributed by atoms with Crippen LogP contribution in [0.2, 0.25) is 0 Å². The average molecular weight is 279 g/mol. The quantitative estimate of drug-likeness (QED) is 0.892. The van der Waals surface area contributed by atoms with Crippen LogP contribution in [0.5, 0.6) is 0 Å². The summed E-state index contributed by atoms with van der Waals surface area (Å²) < 4.78 is 0. The van der Waals surface area contributed by atoms with Crippen molar-refractivity contribution in [3.8, 4) is 0 Å². The summed E-state index contributed by atoms with van der Waals surface area (Å²) in [5.74, 6) is 0.139. The zero-order valence-electron chi connectivity index (χ0n) is 12.4. The first-order valence-corrected chi connectivity index (χ1v) is 7.59. The Kier molecular flexibility index (Phi) is 3.78. The van der Waals surface area contributed by atoms with Gasteiger partial charge in [0.1, 0.15) is 0 Å². The van der Waals surface area contributed by atoms with Gasteiger partial charge < -0.3 is 5.32 Å². The van der Waals surface area contributed by atoms with E-state index in [1.807, 2.05) is 43.3 Å². The third-order valence-corrected chi connectivity index (χ3v) is 4.23. The summed E-state index contributed by atoms with van der Waals surface area (Å²) in [5, 5.41) is 3.17. The second-order valence-electron chi connectivity index (χ2n) is 6.11. The molecule has 0 aliphatic heterocycles. The molecule has 0 spiro atoms. The number of nitrogens with one attached hydrogen (secondary N) is 1. The summed E-state index contributed by atoms with van der Waals surface area (Å²) in [5.41, 5.74) is 1.74. The topological polar surface area (TPSA) is 29.1 Å². The van der Waals surface area contributed by atoms with E-state index >= 15 is 0 Å². The summed E-state index contributed by atoms with van der Waals surface area (Å²) in [4.78, 5) is 12.8. The van der Waals surface area contributed by atoms with Crippen molar-refractivity contribution in [2.24, 2.45) is 0 Å². The van der Waals surface area contributed by atoms with Crippen molar-refractivity contribution in [2.45, 2.75) is 37.6 Å². The fourth-order valence-electron chi connectivity index (χ4n) is 2.70. The van der Waals surface area contributed by atoms with E-state index in [0.29, 0.717) is 6.04 Å². The van der Waals surface area contributed by atoms with Gasteiger partial charge >= 0.3 is 0 Å². The standard InChI is InChI=1S/C19H21NO/c1-19(16-10-6-3-7-11-16,18(21)20-17-12-13-17)14-15-8-4-2-5-9-15/h2-11,17H,12-14H2,1H3,(H,20,21). The van der Waals surface area contributed by atoms with E-state index in [0.717, 1.165) is 24.8 Å². The Morgan fingerprint density at radius 2 is 1.62 bits per heavy atom. The fourth-order valence-corrected chi connectivity index (χ4v) is 2.70. The van der Waals surface area contributed by atoms with Gasteiger partial charge in [0.15, 0.2) is 0 Å². The van der Waals surface area contributed by atoms with Gasteiger partial charge in [-0.3, -0.25) is 4.79 Å². The fraction of sp³-hybridized carbons (Fsp3) is 0.316. The van der Waals surface area contributed by atoms with Gasteiger partial charge in [-0.25, -0.2) is 0 Å². The Labute approximate surface area is 126 Å². The second kappa shape index (κ2) is 5.72. The minimum atomic E-state index is -0.523. The molecule has 2 aromatic rings. The molecule has 2 nitrogen and oxygen atoms in total. The molecule has 1 N–H and O–H groups in total. The first-order valence-electron chi connectivity index (χ1n) is 7.59. The minimum Gasteiger partial charge on any atom is -0.353 e. The molecule has 1 atom stereocenters. The molecule has 0 radical (unpaired) electrons. The van der Waals surface area contributed by atoms with Gasteiger partial charge in [-0.2, -0.15) is 0 Å². The molecular weight excluding hydrogens is 258 g/mol. The van der Waals surface area contributed by atoms with Crippen LogP contribution in [0.4, 0.5) is 0 Å². The molecule has 108 valence electrons. The molecule has 1 amide bonds. The molecule has 21 heavy (non-hydrogen) atoms. The normalized spacial score (nSPS) is 17.0. The molecule has 0 bridgehead atoms. The van der Waals surface area contributed by atoms with E-state index < -0.39 is 5.41 Å². The highest BCUT2D eigenvalue weighted by Crippen LogP contribution is 2.30. The van der Waals surface area contributed by atoms with Crippen LogP contribution in [0, 0.1) is 0 Å². The molecule has 1 unspecified atom stereocenters. The summed E-state index contributed by atoms with van der Waals surface area (Å²) >= 11 is 0. The van der Waals surface area contributed by atoms with Crippen LogP contribution in [-0.4, -0.2) is 11.9 Å². The lowest BCUT2D eigenvalue weighted by atomic mass is 9.76. The minimum absolute atomic E-state index is 0.139. The summed E-state index contributed by atoms with van der Waals surface area (Å²) in [6.07, 6.45) is 2.94. The molecule has 1 fully saturated rings. The van der Waals surface area contributed by atoms with Gasteiger partial charge in [0.25, 0.3) is 0 Å². The smallest absolute Gasteiger partial charge is 0.230 e. The summed E-state index contributed by atoms with van der Waals surface area (Å²) in [7, 11) is 0. The van der Waals surface area contributed by atoms with E-state index in [-0.39, 0.29) is 5.91 Å². The Bertz CT molecular complexity index is 604. The third kappa shape index (κ3) is 3.15. The van der Waals surface area contributed by atoms with Gasteiger partial charge in [-0.05, 0) is 37.3 Å². The van der Waals surface area contributed by atoms with Crippen molar-refractivity contribution in [3.05, 3.63) is 71.8 Å². The largest absolute Gasteiger partial charge is 0.353 e. The van der Waals surface area contributed by atoms with Crippen molar-refractivity contribution < 1.29 is 4.79 Å². The van der Waals surface area contributed by atoms with E-state index in [2.05, 4.69) is 29.6 Å². The van der Waals surface area contributed by atoms with Crippen molar-refractivity contribution in [3.63, 3.8) is 0 Å². The highest BCUT2D eigenvalue weighted by Gasteiger charge is 2.38. The third-order valence-electron chi connectivity index (χ3n) is 4.23. The van der Waals surface area contributed by atoms with Gasteiger partial charge in [0.05, 0.1) is 5.41 Å². The number of carbonyl (C=O) groups excluding carboxylic acids is 1. The average Bonchev–Trinajstić information content (AvgIpc) is 3.33. The Morgan fingerprint density at radius 3 is 2.19 bits per heavy atom. The van der Waals surface area contributed by atoms with Crippen molar-refractivity contribution >= 4 is 5.91 Å². The van der Waals surface area contributed by atoms with Gasteiger partial charge in [-0.1, -0.05) is 60.7 Å². The molecule has 0 aromatic heterocycles. The monoisotopic (exact) mass is 279 g/mol. The number of benzene rings is 2. The maximum Gasteiger partial charge on any atom is 0.230 e. The lowest BCUT2D eigenvalue weighted by Gasteiger charge is -2.29. The predicted octanol–water partition coefficient (Wildman–Crippen LogP) is 3.47. The van der Waals surface area contributed by atoms with Gasteiger partial charge in [0, 0.05) is 6.04 Å². The number of hydrogen-bond donors (Lipinski definition) is 1. The lowest BCUT2D eigenvalue weighted by Crippen LogP contribution is -2.44. The maximum absolute atomic E-state index is 12.8. The highest BCUT2D eigenvalue weighted by atomic mass is 16.2. The van der Waals surface area contributed by atoms with E-state index in [1.165, 1.54) is 5.56 Å². The molecule has 0 heterocycles. The van der Waals surface area contributed by atoms with Gasteiger partial charge in [-0.15, -0.1) is 0 Å². The highest BCUT2D eigenvalue weighted by molar-refractivity contribution is 5.88. The Morgan fingerprint density at radius 1 is 1.05 bits per heavy atom. The number of amides is 1. The molecule has 2 heteroatoms. The van der Waals surface area contributed by atoms with Crippen LogP contribution in [0.1, 0.15) is 30.9 Å². The second-order valence-corrected chi connectivity index (χ2v) is 6.11. The SMILES string of the molecule is CC(Cc1ccccc1)(C(=O)NC1CC1)c1ccccc1. The molecular formula is C19H21NO. The van der Waals surface area contributed by atoms with Gasteiger partial charge in [0.2, 0.25) is 5.91 Å². The molecule has 1 aliphatic carbocycles. The first-order chi connectivity index (χ1) is 10.2. The predicted molar refractivity (Wildman–Crippen MR) is 85.1 cm³/mol.